The number of carbonyl (C=O) groups excluding carboxylic acids is 1. The lowest BCUT2D eigenvalue weighted by atomic mass is 9.87. The van der Waals surface area contributed by atoms with Gasteiger partial charge in [0.2, 0.25) is 0 Å². The average molecular weight is 485 g/mol. The van der Waals surface area contributed by atoms with Gasteiger partial charge in [0.25, 0.3) is 5.91 Å². The average Bonchev–Trinajstić information content (AvgIpc) is 3.52. The minimum atomic E-state index is -1.08. The van der Waals surface area contributed by atoms with Crippen LogP contribution in [0.4, 0.5) is 13.2 Å². The van der Waals surface area contributed by atoms with Crippen molar-refractivity contribution >= 4 is 17.2 Å². The zero-order chi connectivity index (χ0) is 23.7. The molecule has 1 amide bonds. The third-order valence-electron chi connectivity index (χ3n) is 7.30. The highest BCUT2D eigenvalue weighted by atomic mass is 32.1. The number of hydrogen-bond acceptors (Lipinski definition) is 3. The van der Waals surface area contributed by atoms with Crippen LogP contribution in [0.1, 0.15) is 46.2 Å². The molecule has 0 N–H and O–H groups in total. The maximum absolute atomic E-state index is 14.3. The summed E-state index contributed by atoms with van der Waals surface area (Å²) in [7, 11) is 0. The van der Waals surface area contributed by atoms with Crippen LogP contribution in [0.5, 0.6) is 0 Å². The number of nitrogens with zero attached hydrogens (tertiary/aromatic N) is 2. The van der Waals surface area contributed by atoms with Crippen molar-refractivity contribution < 1.29 is 18.0 Å². The van der Waals surface area contributed by atoms with E-state index >= 15 is 0 Å². The number of likely N-dealkylation sites (tertiary alicyclic amines) is 2. The van der Waals surface area contributed by atoms with Gasteiger partial charge in [-0.25, -0.2) is 13.2 Å². The van der Waals surface area contributed by atoms with E-state index in [0.717, 1.165) is 38.5 Å². The molecule has 7 heteroatoms. The van der Waals surface area contributed by atoms with Gasteiger partial charge in [0.1, 0.15) is 5.82 Å². The molecule has 3 heterocycles. The Labute approximate surface area is 201 Å². The summed E-state index contributed by atoms with van der Waals surface area (Å²) in [5, 5.41) is 4.16. The van der Waals surface area contributed by atoms with Crippen LogP contribution in [0.25, 0.3) is 0 Å². The van der Waals surface area contributed by atoms with Crippen molar-refractivity contribution in [2.45, 2.75) is 24.7 Å². The van der Waals surface area contributed by atoms with E-state index in [9.17, 15) is 18.0 Å². The molecule has 0 bridgehead atoms. The number of thiophene rings is 1. The lowest BCUT2D eigenvalue weighted by molar-refractivity contribution is 0.0775. The molecule has 2 atom stereocenters. The van der Waals surface area contributed by atoms with Crippen LogP contribution < -0.4 is 0 Å². The largest absolute Gasteiger partial charge is 0.338 e. The van der Waals surface area contributed by atoms with Crippen LogP contribution >= 0.6 is 11.3 Å². The van der Waals surface area contributed by atoms with Crippen molar-refractivity contribution in [1.82, 2.24) is 9.80 Å². The molecule has 2 aliphatic rings. The van der Waals surface area contributed by atoms with E-state index in [1.807, 2.05) is 17.5 Å². The summed E-state index contributed by atoms with van der Waals surface area (Å²) in [5.74, 6) is -1.92. The third-order valence-corrected chi connectivity index (χ3v) is 8.00. The highest BCUT2D eigenvalue weighted by Gasteiger charge is 2.38. The number of amides is 1. The Balaban J connectivity index is 1.27. The Bertz CT molecular complexity index is 1130. The first kappa shape index (κ1) is 23.1. The van der Waals surface area contributed by atoms with Crippen molar-refractivity contribution in [1.29, 1.82) is 0 Å². The highest BCUT2D eigenvalue weighted by molar-refractivity contribution is 7.08. The molecule has 2 aromatic carbocycles. The Hall–Kier alpha value is -2.64. The molecule has 178 valence electrons. The standard InChI is InChI=1S/C27H27F3N2OS/c28-22-6-4-18(5-7-22)19-8-11-31(12-9-19)14-21-15-32(16-24(21)20-10-13-34-17-20)27(33)23-2-1-3-25(29)26(23)30/h1-7,10,13,17,19,21,24H,8-9,11-12,14-16H2. The quantitative estimate of drug-likeness (QED) is 0.450. The number of rotatable bonds is 5. The summed E-state index contributed by atoms with van der Waals surface area (Å²) in [5.41, 5.74) is 2.18. The van der Waals surface area contributed by atoms with E-state index in [2.05, 4.69) is 16.3 Å². The third kappa shape index (κ3) is 4.77. The molecule has 0 saturated carbocycles. The van der Waals surface area contributed by atoms with Gasteiger partial charge in [-0.2, -0.15) is 11.3 Å². The fraction of sp³-hybridized carbons (Fsp3) is 0.370. The van der Waals surface area contributed by atoms with Gasteiger partial charge in [0.15, 0.2) is 11.6 Å². The van der Waals surface area contributed by atoms with Crippen LogP contribution in [0.2, 0.25) is 0 Å². The molecular weight excluding hydrogens is 457 g/mol. The van der Waals surface area contributed by atoms with Crippen LogP contribution in [0.15, 0.2) is 59.3 Å². The first-order valence-electron chi connectivity index (χ1n) is 11.7. The summed E-state index contributed by atoms with van der Waals surface area (Å²) in [6.07, 6.45) is 2.03. The Kier molecular flexibility index (Phi) is 6.75. The zero-order valence-corrected chi connectivity index (χ0v) is 19.6. The van der Waals surface area contributed by atoms with E-state index in [1.165, 1.54) is 35.4 Å². The number of halogens is 3. The monoisotopic (exact) mass is 484 g/mol. The van der Waals surface area contributed by atoms with Crippen LogP contribution in [-0.2, 0) is 0 Å². The summed E-state index contributed by atoms with van der Waals surface area (Å²) in [6.45, 7) is 3.77. The summed E-state index contributed by atoms with van der Waals surface area (Å²) in [4.78, 5) is 17.2. The van der Waals surface area contributed by atoms with Gasteiger partial charge >= 0.3 is 0 Å². The van der Waals surface area contributed by atoms with Gasteiger partial charge in [0.05, 0.1) is 5.56 Å². The molecule has 2 unspecified atom stereocenters. The lowest BCUT2D eigenvalue weighted by Gasteiger charge is -2.34. The number of piperidine rings is 1. The van der Waals surface area contributed by atoms with Crippen LogP contribution in [-0.4, -0.2) is 48.4 Å². The van der Waals surface area contributed by atoms with Gasteiger partial charge in [-0.15, -0.1) is 0 Å². The molecule has 0 aliphatic carbocycles. The fourth-order valence-corrected chi connectivity index (χ4v) is 6.17. The van der Waals surface area contributed by atoms with E-state index in [1.54, 1.807) is 16.2 Å². The molecule has 0 spiro atoms. The van der Waals surface area contributed by atoms with Crippen molar-refractivity contribution in [2.24, 2.45) is 5.92 Å². The van der Waals surface area contributed by atoms with E-state index in [4.69, 9.17) is 0 Å². The zero-order valence-electron chi connectivity index (χ0n) is 18.8. The summed E-state index contributed by atoms with van der Waals surface area (Å²) in [6, 6.07) is 12.7. The number of benzene rings is 2. The maximum Gasteiger partial charge on any atom is 0.256 e. The smallest absolute Gasteiger partial charge is 0.256 e. The lowest BCUT2D eigenvalue weighted by Crippen LogP contribution is -2.38. The normalized spacial score (nSPS) is 21.8. The second-order valence-electron chi connectivity index (χ2n) is 9.36. The van der Waals surface area contributed by atoms with Gasteiger partial charge in [-0.3, -0.25) is 4.79 Å². The van der Waals surface area contributed by atoms with Gasteiger partial charge < -0.3 is 9.80 Å². The summed E-state index contributed by atoms with van der Waals surface area (Å²) < 4.78 is 41.3. The molecule has 2 fully saturated rings. The van der Waals surface area contributed by atoms with Crippen LogP contribution in [0.3, 0.4) is 0 Å². The first-order valence-corrected chi connectivity index (χ1v) is 12.7. The fourth-order valence-electron chi connectivity index (χ4n) is 5.44. The Morgan fingerprint density at radius 2 is 1.71 bits per heavy atom. The van der Waals surface area contributed by atoms with Crippen molar-refractivity contribution in [3.63, 3.8) is 0 Å². The molecule has 5 rings (SSSR count). The van der Waals surface area contributed by atoms with E-state index in [0.29, 0.717) is 19.0 Å². The van der Waals surface area contributed by atoms with Crippen molar-refractivity contribution in [3.8, 4) is 0 Å². The van der Waals surface area contributed by atoms with Crippen molar-refractivity contribution in [3.05, 3.63) is 93.4 Å². The molecule has 2 saturated heterocycles. The predicted molar refractivity (Wildman–Crippen MR) is 128 cm³/mol. The predicted octanol–water partition coefficient (Wildman–Crippen LogP) is 5.90. The minimum Gasteiger partial charge on any atom is -0.338 e. The Morgan fingerprint density at radius 1 is 0.941 bits per heavy atom. The number of hydrogen-bond donors (Lipinski definition) is 0. The molecule has 3 aromatic rings. The summed E-state index contributed by atoms with van der Waals surface area (Å²) >= 11 is 1.63. The Morgan fingerprint density at radius 3 is 2.41 bits per heavy atom. The minimum absolute atomic E-state index is 0.168. The first-order chi connectivity index (χ1) is 16.5. The second kappa shape index (κ2) is 9.92. The SMILES string of the molecule is O=C(c1cccc(F)c1F)N1CC(CN2CCC(c3ccc(F)cc3)CC2)C(c2ccsc2)C1. The van der Waals surface area contributed by atoms with Crippen LogP contribution in [0, 0.1) is 23.4 Å². The molecule has 2 aliphatic heterocycles. The molecule has 34 heavy (non-hydrogen) atoms. The molecular formula is C27H27F3N2OS. The van der Waals surface area contributed by atoms with Gasteiger partial charge in [-0.05, 0) is 90.0 Å². The van der Waals surface area contributed by atoms with Gasteiger partial charge in [0, 0.05) is 25.6 Å². The highest BCUT2D eigenvalue weighted by Crippen LogP contribution is 2.37. The number of carbonyl (C=O) groups is 1. The van der Waals surface area contributed by atoms with E-state index < -0.39 is 17.5 Å². The van der Waals surface area contributed by atoms with E-state index in [-0.39, 0.29) is 23.2 Å². The topological polar surface area (TPSA) is 23.6 Å². The second-order valence-corrected chi connectivity index (χ2v) is 10.1. The van der Waals surface area contributed by atoms with Crippen molar-refractivity contribution in [2.75, 3.05) is 32.7 Å². The maximum atomic E-state index is 14.3. The molecule has 3 nitrogen and oxygen atoms in total. The molecule has 1 aromatic heterocycles. The van der Waals surface area contributed by atoms with Gasteiger partial charge in [-0.1, -0.05) is 18.2 Å². The molecule has 0 radical (unpaired) electrons.